The van der Waals surface area contributed by atoms with Crippen LogP contribution < -0.4 is 9.46 Å². The second kappa shape index (κ2) is 9.36. The minimum Gasteiger partial charge on any atom is -0.497 e. The van der Waals surface area contributed by atoms with Crippen LogP contribution in [0.3, 0.4) is 0 Å². The molecule has 1 unspecified atom stereocenters. The lowest BCUT2D eigenvalue weighted by molar-refractivity contribution is 0.164. The molecule has 0 aromatic heterocycles. The molecule has 1 aliphatic heterocycles. The van der Waals surface area contributed by atoms with Crippen LogP contribution >= 0.6 is 0 Å². The van der Waals surface area contributed by atoms with E-state index in [1.807, 2.05) is 24.3 Å². The largest absolute Gasteiger partial charge is 0.497 e. The number of sulfonamides is 1. The quantitative estimate of drug-likeness (QED) is 0.731. The molecule has 0 bridgehead atoms. The van der Waals surface area contributed by atoms with Gasteiger partial charge in [-0.05, 0) is 43.6 Å². The summed E-state index contributed by atoms with van der Waals surface area (Å²) in [6, 6.07) is 7.88. The van der Waals surface area contributed by atoms with Crippen LogP contribution in [0.15, 0.2) is 24.3 Å². The Kier molecular flexibility index (Phi) is 7.48. The van der Waals surface area contributed by atoms with Gasteiger partial charge in [-0.1, -0.05) is 18.6 Å². The zero-order chi connectivity index (χ0) is 17.4. The van der Waals surface area contributed by atoms with E-state index in [9.17, 15) is 8.42 Å². The van der Waals surface area contributed by atoms with Crippen molar-refractivity contribution >= 4 is 10.0 Å². The Bertz CT molecular complexity index is 600. The Morgan fingerprint density at radius 1 is 1.21 bits per heavy atom. The molecule has 6 nitrogen and oxygen atoms in total. The molecule has 7 heteroatoms. The number of ether oxygens (including phenoxy) is 2. The summed E-state index contributed by atoms with van der Waals surface area (Å²) in [5, 5.41) is 0. The van der Waals surface area contributed by atoms with E-state index in [-0.39, 0.29) is 18.4 Å². The molecule has 0 amide bonds. The summed E-state index contributed by atoms with van der Waals surface area (Å²) >= 11 is 0. The monoisotopic (exact) mass is 356 g/mol. The lowest BCUT2D eigenvalue weighted by Gasteiger charge is -2.35. The molecule has 1 aliphatic rings. The fraction of sp³-hybridized carbons (Fsp3) is 0.647. The average Bonchev–Trinajstić information content (AvgIpc) is 2.61. The lowest BCUT2D eigenvalue weighted by Crippen LogP contribution is -2.41. The summed E-state index contributed by atoms with van der Waals surface area (Å²) in [4.78, 5) is 2.36. The second-order valence-electron chi connectivity index (χ2n) is 6.05. The third-order valence-corrected chi connectivity index (χ3v) is 5.67. The Morgan fingerprint density at radius 3 is 2.62 bits per heavy atom. The van der Waals surface area contributed by atoms with Gasteiger partial charge in [-0.25, -0.2) is 13.1 Å². The van der Waals surface area contributed by atoms with Gasteiger partial charge in [-0.15, -0.1) is 0 Å². The minimum absolute atomic E-state index is 0.0118. The molecular weight excluding hydrogens is 328 g/mol. The van der Waals surface area contributed by atoms with Crippen molar-refractivity contribution in [3.63, 3.8) is 0 Å². The van der Waals surface area contributed by atoms with E-state index in [0.717, 1.165) is 37.2 Å². The number of nitrogens with one attached hydrogen (secondary N) is 1. The maximum atomic E-state index is 12.1. The highest BCUT2D eigenvalue weighted by molar-refractivity contribution is 7.89. The molecule has 1 aromatic carbocycles. The topological polar surface area (TPSA) is 67.9 Å². The van der Waals surface area contributed by atoms with E-state index in [1.54, 1.807) is 7.11 Å². The van der Waals surface area contributed by atoms with Gasteiger partial charge in [0.05, 0.1) is 19.5 Å². The van der Waals surface area contributed by atoms with Gasteiger partial charge in [0.15, 0.2) is 0 Å². The molecule has 136 valence electrons. The Morgan fingerprint density at radius 2 is 1.96 bits per heavy atom. The lowest BCUT2D eigenvalue weighted by atomic mass is 10.0. The van der Waals surface area contributed by atoms with E-state index in [1.165, 1.54) is 13.5 Å². The molecule has 24 heavy (non-hydrogen) atoms. The summed E-state index contributed by atoms with van der Waals surface area (Å²) in [7, 11) is -0.190. The number of hydrogen-bond donors (Lipinski definition) is 1. The van der Waals surface area contributed by atoms with E-state index >= 15 is 0 Å². The fourth-order valence-electron chi connectivity index (χ4n) is 3.01. The highest BCUT2D eigenvalue weighted by atomic mass is 32.2. The van der Waals surface area contributed by atoms with Crippen LogP contribution in [0, 0.1) is 0 Å². The predicted molar refractivity (Wildman–Crippen MR) is 94.8 cm³/mol. The third-order valence-electron chi connectivity index (χ3n) is 4.36. The summed E-state index contributed by atoms with van der Waals surface area (Å²) in [5.74, 6) is 0.769. The number of likely N-dealkylation sites (tertiary alicyclic amines) is 1. The van der Waals surface area contributed by atoms with Crippen LogP contribution in [0.2, 0.25) is 0 Å². The van der Waals surface area contributed by atoms with Crippen molar-refractivity contribution in [2.24, 2.45) is 0 Å². The smallest absolute Gasteiger partial charge is 0.213 e. The van der Waals surface area contributed by atoms with Gasteiger partial charge in [0, 0.05) is 19.7 Å². The maximum Gasteiger partial charge on any atom is 0.213 e. The molecule has 2 rings (SSSR count). The number of nitrogens with zero attached hydrogens (tertiary/aromatic N) is 1. The molecule has 0 spiro atoms. The molecule has 1 N–H and O–H groups in total. The predicted octanol–water partition coefficient (Wildman–Crippen LogP) is 1.79. The Balaban J connectivity index is 2.13. The van der Waals surface area contributed by atoms with Crippen molar-refractivity contribution in [2.45, 2.75) is 25.3 Å². The minimum atomic E-state index is -3.33. The molecule has 0 aliphatic carbocycles. The van der Waals surface area contributed by atoms with Crippen LogP contribution in [-0.4, -0.2) is 59.5 Å². The fourth-order valence-corrected chi connectivity index (χ4v) is 3.95. The van der Waals surface area contributed by atoms with E-state index in [4.69, 9.17) is 9.47 Å². The standard InChI is InChI=1S/C17H28N2O4S/c1-22-11-12-24(20,21)18-14-17(19-9-4-3-5-10-19)15-7-6-8-16(13-15)23-2/h6-8,13,17-18H,3-5,9-12,14H2,1-2H3. The highest BCUT2D eigenvalue weighted by Crippen LogP contribution is 2.26. The normalized spacial score (nSPS) is 17.6. The van der Waals surface area contributed by atoms with Crippen molar-refractivity contribution in [1.29, 1.82) is 0 Å². The van der Waals surface area contributed by atoms with Crippen LogP contribution in [0.5, 0.6) is 5.75 Å². The first-order valence-corrected chi connectivity index (χ1v) is 10.1. The van der Waals surface area contributed by atoms with Gasteiger partial charge in [0.25, 0.3) is 0 Å². The number of piperidine rings is 1. The highest BCUT2D eigenvalue weighted by Gasteiger charge is 2.24. The van der Waals surface area contributed by atoms with Gasteiger partial charge in [-0.3, -0.25) is 4.90 Å². The van der Waals surface area contributed by atoms with E-state index in [2.05, 4.69) is 9.62 Å². The summed E-state index contributed by atoms with van der Waals surface area (Å²) in [6.45, 7) is 2.53. The zero-order valence-corrected chi connectivity index (χ0v) is 15.3. The zero-order valence-electron chi connectivity index (χ0n) is 14.5. The van der Waals surface area contributed by atoms with Gasteiger partial charge in [0.2, 0.25) is 10.0 Å². The van der Waals surface area contributed by atoms with Crippen LogP contribution in [0.1, 0.15) is 30.9 Å². The molecule has 0 radical (unpaired) electrons. The molecule has 0 saturated carbocycles. The molecular formula is C17H28N2O4S. The molecule has 1 aromatic rings. The first kappa shape index (κ1) is 19.2. The van der Waals surface area contributed by atoms with Crippen molar-refractivity contribution in [3.8, 4) is 5.75 Å². The number of methoxy groups -OCH3 is 2. The van der Waals surface area contributed by atoms with Gasteiger partial charge in [0.1, 0.15) is 5.75 Å². The molecule has 1 saturated heterocycles. The van der Waals surface area contributed by atoms with E-state index in [0.29, 0.717) is 6.54 Å². The van der Waals surface area contributed by atoms with Gasteiger partial charge < -0.3 is 9.47 Å². The average molecular weight is 356 g/mol. The van der Waals surface area contributed by atoms with Crippen molar-refractivity contribution in [3.05, 3.63) is 29.8 Å². The summed E-state index contributed by atoms with van der Waals surface area (Å²) in [5.41, 5.74) is 1.07. The number of rotatable bonds is 9. The second-order valence-corrected chi connectivity index (χ2v) is 7.98. The first-order chi connectivity index (χ1) is 11.6. The first-order valence-electron chi connectivity index (χ1n) is 8.40. The van der Waals surface area contributed by atoms with Crippen LogP contribution in [0.4, 0.5) is 0 Å². The van der Waals surface area contributed by atoms with Gasteiger partial charge in [-0.2, -0.15) is 0 Å². The molecule has 1 atom stereocenters. The Hall–Kier alpha value is -1.15. The summed E-state index contributed by atoms with van der Waals surface area (Å²) < 4.78 is 37.1. The van der Waals surface area contributed by atoms with Crippen molar-refractivity contribution in [1.82, 2.24) is 9.62 Å². The third kappa shape index (κ3) is 5.73. The molecule has 1 fully saturated rings. The van der Waals surface area contributed by atoms with E-state index < -0.39 is 10.0 Å². The SMILES string of the molecule is COCCS(=O)(=O)NCC(c1cccc(OC)c1)N1CCCCC1. The molecule has 1 heterocycles. The van der Waals surface area contributed by atoms with Crippen LogP contribution in [-0.2, 0) is 14.8 Å². The van der Waals surface area contributed by atoms with Crippen molar-refractivity contribution in [2.75, 3.05) is 46.2 Å². The van der Waals surface area contributed by atoms with Gasteiger partial charge >= 0.3 is 0 Å². The van der Waals surface area contributed by atoms with Crippen molar-refractivity contribution < 1.29 is 17.9 Å². The maximum absolute atomic E-state index is 12.1. The number of hydrogen-bond acceptors (Lipinski definition) is 5. The Labute approximate surface area is 145 Å². The summed E-state index contributed by atoms with van der Waals surface area (Å²) in [6.07, 6.45) is 3.54. The number of benzene rings is 1. The van der Waals surface area contributed by atoms with Crippen LogP contribution in [0.25, 0.3) is 0 Å².